The molecular formula is C34H68NO8P. The number of allylic oxidation sites excluding steroid dienone is 2. The molecule has 10 heteroatoms. The number of aliphatic hydroxyl groups is 3. The number of nitrogens with zero attached hydrogens (tertiary/aromatic N) is 1. The van der Waals surface area contributed by atoms with Gasteiger partial charge in [0.05, 0.1) is 27.2 Å². The second kappa shape index (κ2) is 27.3. The van der Waals surface area contributed by atoms with Crippen molar-refractivity contribution in [1.29, 1.82) is 0 Å². The molecule has 0 spiro atoms. The van der Waals surface area contributed by atoms with Crippen LogP contribution in [0, 0.1) is 0 Å². The Balaban J connectivity index is 3.68. The van der Waals surface area contributed by atoms with Gasteiger partial charge in [0.2, 0.25) is 0 Å². The van der Waals surface area contributed by atoms with Gasteiger partial charge in [0.1, 0.15) is 18.5 Å². The Kier molecular flexibility index (Phi) is 26.8. The Morgan fingerprint density at radius 3 is 1.70 bits per heavy atom. The van der Waals surface area contributed by atoms with Crippen LogP contribution in [0.4, 0.5) is 0 Å². The summed E-state index contributed by atoms with van der Waals surface area (Å²) in [6, 6.07) is 0. The number of unbranched alkanes of at least 4 members (excludes halogenated alkanes) is 17. The molecule has 2 unspecified atom stereocenters. The van der Waals surface area contributed by atoms with E-state index in [0.717, 1.165) is 32.1 Å². The maximum atomic E-state index is 12.5. The average Bonchev–Trinajstić information content (AvgIpc) is 2.98. The first-order chi connectivity index (χ1) is 20.9. The van der Waals surface area contributed by atoms with Gasteiger partial charge in [0.15, 0.2) is 13.9 Å². The molecule has 3 N–H and O–H groups in total. The molecule has 0 saturated carbocycles. The summed E-state index contributed by atoms with van der Waals surface area (Å²) in [5.74, 6) is -1.37. The van der Waals surface area contributed by atoms with Crippen LogP contribution in [0.1, 0.15) is 149 Å². The van der Waals surface area contributed by atoms with Crippen LogP contribution in [-0.4, -0.2) is 77.8 Å². The summed E-state index contributed by atoms with van der Waals surface area (Å²) in [6.45, 7) is 3.13. The maximum Gasteiger partial charge on any atom is 0.305 e. The van der Waals surface area contributed by atoms with Gasteiger partial charge in [0.25, 0.3) is 0 Å². The number of esters is 1. The average molecular weight is 650 g/mol. The SMILES string of the molecule is CCCCCCCCCCCCC/C=C\CCCCCCCCC(=O)OC[C@@H](O)COP(=O)([O-])C(C)[N+](C)(C)CCC(O)O. The van der Waals surface area contributed by atoms with Gasteiger partial charge in [-0.05, 0) is 39.0 Å². The molecule has 0 aliphatic heterocycles. The molecule has 0 heterocycles. The summed E-state index contributed by atoms with van der Waals surface area (Å²) < 4.78 is 22.6. The third-order valence-electron chi connectivity index (χ3n) is 8.46. The van der Waals surface area contributed by atoms with Crippen LogP contribution in [0.3, 0.4) is 0 Å². The summed E-state index contributed by atoms with van der Waals surface area (Å²) in [6.07, 6.45) is 26.1. The van der Waals surface area contributed by atoms with Crippen molar-refractivity contribution in [2.24, 2.45) is 0 Å². The van der Waals surface area contributed by atoms with E-state index in [9.17, 15) is 19.4 Å². The predicted molar refractivity (Wildman–Crippen MR) is 177 cm³/mol. The molecular weight excluding hydrogens is 581 g/mol. The van der Waals surface area contributed by atoms with Crippen molar-refractivity contribution in [2.75, 3.05) is 33.9 Å². The van der Waals surface area contributed by atoms with E-state index < -0.39 is 38.3 Å². The van der Waals surface area contributed by atoms with Crippen molar-refractivity contribution < 1.29 is 43.3 Å². The van der Waals surface area contributed by atoms with Gasteiger partial charge in [-0.2, -0.15) is 0 Å². The van der Waals surface area contributed by atoms with E-state index in [1.165, 1.54) is 96.8 Å². The number of rotatable bonds is 31. The molecule has 0 aromatic heterocycles. The first-order valence-electron chi connectivity index (χ1n) is 17.5. The van der Waals surface area contributed by atoms with Crippen molar-refractivity contribution in [1.82, 2.24) is 0 Å². The fourth-order valence-electron chi connectivity index (χ4n) is 5.03. The highest BCUT2D eigenvalue weighted by Gasteiger charge is 2.34. The number of carbonyl (C=O) groups excluding carboxylic acids is 1. The maximum absolute atomic E-state index is 12.5. The molecule has 0 aromatic rings. The van der Waals surface area contributed by atoms with E-state index in [1.807, 2.05) is 0 Å². The molecule has 0 radical (unpaired) electrons. The first kappa shape index (κ1) is 43.2. The van der Waals surface area contributed by atoms with Crippen LogP contribution in [0.25, 0.3) is 0 Å². The fraction of sp³-hybridized carbons (Fsp3) is 0.912. The smallest absolute Gasteiger partial charge is 0.305 e. The van der Waals surface area contributed by atoms with Gasteiger partial charge < -0.3 is 38.5 Å². The second-order valence-corrected chi connectivity index (χ2v) is 15.1. The Hall–Kier alpha value is -0.800. The molecule has 0 bridgehead atoms. The van der Waals surface area contributed by atoms with E-state index in [0.29, 0.717) is 0 Å². The van der Waals surface area contributed by atoms with Crippen molar-refractivity contribution >= 4 is 13.6 Å². The van der Waals surface area contributed by atoms with E-state index >= 15 is 0 Å². The number of ether oxygens (including phenoxy) is 1. The molecule has 262 valence electrons. The number of hydrogen-bond acceptors (Lipinski definition) is 8. The first-order valence-corrected chi connectivity index (χ1v) is 19.2. The standard InChI is InChI=1S/C34H68NO8P/c1-5-6-7-8-9-10-11-12-13-14-15-16-17-18-19-20-21-22-23-24-25-26-34(39)42-29-32(36)30-43-44(40,41)31(2)35(3,4)28-27-33(37)38/h17-18,31-33,36-38H,5-16,19-30H2,1-4H3/b18-17-/t31?,32-/m1/s1. The molecule has 9 nitrogen and oxygen atoms in total. The highest BCUT2D eigenvalue weighted by Crippen LogP contribution is 2.46. The van der Waals surface area contributed by atoms with Gasteiger partial charge in [-0.25, -0.2) is 0 Å². The molecule has 0 rings (SSSR count). The van der Waals surface area contributed by atoms with Gasteiger partial charge in [0, 0.05) is 12.8 Å². The highest BCUT2D eigenvalue weighted by molar-refractivity contribution is 7.51. The lowest BCUT2D eigenvalue weighted by atomic mass is 10.0. The summed E-state index contributed by atoms with van der Waals surface area (Å²) in [4.78, 5) is 24.5. The largest absolute Gasteiger partial charge is 0.774 e. The van der Waals surface area contributed by atoms with E-state index in [1.54, 1.807) is 14.1 Å². The lowest BCUT2D eigenvalue weighted by Gasteiger charge is -2.42. The minimum absolute atomic E-state index is 0.0209. The van der Waals surface area contributed by atoms with Gasteiger partial charge >= 0.3 is 5.97 Å². The van der Waals surface area contributed by atoms with Crippen molar-refractivity contribution in [3.8, 4) is 0 Å². The van der Waals surface area contributed by atoms with Gasteiger partial charge in [-0.1, -0.05) is 109 Å². The predicted octanol–water partition coefficient (Wildman–Crippen LogP) is 6.96. The lowest BCUT2D eigenvalue weighted by Crippen LogP contribution is -2.50. The third-order valence-corrected chi connectivity index (χ3v) is 10.5. The zero-order chi connectivity index (χ0) is 33.1. The zero-order valence-corrected chi connectivity index (χ0v) is 29.5. The quantitative estimate of drug-likeness (QED) is 0.0183. The molecule has 44 heavy (non-hydrogen) atoms. The second-order valence-electron chi connectivity index (χ2n) is 13.0. The molecule has 0 aromatic carbocycles. The zero-order valence-electron chi connectivity index (χ0n) is 28.6. The van der Waals surface area contributed by atoms with Crippen LogP contribution in [-0.2, 0) is 18.6 Å². The van der Waals surface area contributed by atoms with Crippen LogP contribution in [0.2, 0.25) is 0 Å². The third kappa shape index (κ3) is 25.4. The Labute approximate surface area is 269 Å². The summed E-state index contributed by atoms with van der Waals surface area (Å²) in [7, 11) is -1.06. The highest BCUT2D eigenvalue weighted by atomic mass is 31.2. The number of aliphatic hydroxyl groups excluding tert-OH is 2. The number of quaternary nitrogens is 1. The summed E-state index contributed by atoms with van der Waals surface area (Å²) in [5.41, 5.74) is 0. The number of carbonyl (C=O) groups is 1. The van der Waals surface area contributed by atoms with Crippen molar-refractivity contribution in [3.63, 3.8) is 0 Å². The van der Waals surface area contributed by atoms with Gasteiger partial charge in [-0.3, -0.25) is 4.79 Å². The van der Waals surface area contributed by atoms with E-state index in [-0.39, 0.29) is 30.5 Å². The Bertz CT molecular complexity index is 762. The molecule has 0 aliphatic rings. The topological polar surface area (TPSA) is 136 Å². The summed E-state index contributed by atoms with van der Waals surface area (Å²) in [5, 5.41) is 28.2. The molecule has 3 atom stereocenters. The summed E-state index contributed by atoms with van der Waals surface area (Å²) >= 11 is 0. The van der Waals surface area contributed by atoms with E-state index in [4.69, 9.17) is 19.5 Å². The van der Waals surface area contributed by atoms with Crippen molar-refractivity contribution in [2.45, 2.75) is 167 Å². The monoisotopic (exact) mass is 649 g/mol. The minimum atomic E-state index is -4.36. The molecule has 0 saturated heterocycles. The minimum Gasteiger partial charge on any atom is -0.774 e. The van der Waals surface area contributed by atoms with Gasteiger partial charge in [-0.15, -0.1) is 0 Å². The lowest BCUT2D eigenvalue weighted by molar-refractivity contribution is -0.902. The van der Waals surface area contributed by atoms with Crippen molar-refractivity contribution in [3.05, 3.63) is 12.2 Å². The Morgan fingerprint density at radius 1 is 0.773 bits per heavy atom. The fourth-order valence-corrected chi connectivity index (χ4v) is 6.50. The molecule has 0 amide bonds. The van der Waals surface area contributed by atoms with Crippen LogP contribution < -0.4 is 4.89 Å². The normalized spacial score (nSPS) is 15.1. The van der Waals surface area contributed by atoms with Crippen LogP contribution in [0.15, 0.2) is 12.2 Å². The number of hydrogen-bond donors (Lipinski definition) is 3. The Morgan fingerprint density at radius 2 is 1.23 bits per heavy atom. The molecule has 0 aliphatic carbocycles. The van der Waals surface area contributed by atoms with E-state index in [2.05, 4.69) is 19.1 Å². The molecule has 0 fully saturated rings. The van der Waals surface area contributed by atoms with Crippen LogP contribution in [0.5, 0.6) is 0 Å². The van der Waals surface area contributed by atoms with Crippen LogP contribution >= 0.6 is 7.60 Å².